The fourth-order valence-electron chi connectivity index (χ4n) is 2.39. The second-order valence-electron chi connectivity index (χ2n) is 4.00. The second-order valence-corrected chi connectivity index (χ2v) is 4.00. The van der Waals surface area contributed by atoms with Crippen molar-refractivity contribution in [2.75, 3.05) is 14.2 Å². The first-order valence-electron chi connectivity index (χ1n) is 5.51. The highest BCUT2D eigenvalue weighted by molar-refractivity contribution is 5.79. The Morgan fingerprint density at radius 1 is 1.38 bits per heavy atom. The Hall–Kier alpha value is -1.51. The molecule has 1 aromatic carbocycles. The van der Waals surface area contributed by atoms with Gasteiger partial charge in [0, 0.05) is 0 Å². The highest BCUT2D eigenvalue weighted by Gasteiger charge is 2.28. The first-order chi connectivity index (χ1) is 7.77. The van der Waals surface area contributed by atoms with Crippen LogP contribution >= 0.6 is 0 Å². The predicted molar refractivity (Wildman–Crippen MR) is 60.7 cm³/mol. The van der Waals surface area contributed by atoms with Gasteiger partial charge in [0.15, 0.2) is 0 Å². The van der Waals surface area contributed by atoms with Gasteiger partial charge >= 0.3 is 5.97 Å². The van der Waals surface area contributed by atoms with E-state index in [2.05, 4.69) is 0 Å². The van der Waals surface area contributed by atoms with Crippen LogP contribution < -0.4 is 4.74 Å². The van der Waals surface area contributed by atoms with Crippen LogP contribution in [0.15, 0.2) is 18.2 Å². The fourth-order valence-corrected chi connectivity index (χ4v) is 2.39. The summed E-state index contributed by atoms with van der Waals surface area (Å²) in [4.78, 5) is 11.7. The Balaban J connectivity index is 2.43. The minimum Gasteiger partial charge on any atom is -0.496 e. The third kappa shape index (κ3) is 1.77. The Morgan fingerprint density at radius 3 is 2.88 bits per heavy atom. The lowest BCUT2D eigenvalue weighted by molar-refractivity contribution is -0.142. The first kappa shape index (κ1) is 11.0. The highest BCUT2D eigenvalue weighted by atomic mass is 16.5. The fraction of sp³-hybridized carbons (Fsp3) is 0.462. The normalized spacial score (nSPS) is 18.8. The lowest BCUT2D eigenvalue weighted by Crippen LogP contribution is -2.20. The Bertz CT molecular complexity index is 398. The molecule has 0 aliphatic heterocycles. The number of hydrogen-bond acceptors (Lipinski definition) is 3. The molecule has 2 rings (SSSR count). The molecule has 0 N–H and O–H groups in total. The molecule has 0 radical (unpaired) electrons. The maximum atomic E-state index is 11.7. The highest BCUT2D eigenvalue weighted by Crippen LogP contribution is 2.37. The van der Waals surface area contributed by atoms with Gasteiger partial charge in [0.25, 0.3) is 0 Å². The van der Waals surface area contributed by atoms with E-state index in [-0.39, 0.29) is 11.9 Å². The minimum atomic E-state index is -0.144. The average molecular weight is 220 g/mol. The van der Waals surface area contributed by atoms with Crippen molar-refractivity contribution in [1.82, 2.24) is 0 Å². The summed E-state index contributed by atoms with van der Waals surface area (Å²) in [5.41, 5.74) is 2.23. The molecule has 0 saturated carbocycles. The van der Waals surface area contributed by atoms with Crippen molar-refractivity contribution in [2.24, 2.45) is 0 Å². The second kappa shape index (κ2) is 4.56. The molecule has 1 aromatic rings. The van der Waals surface area contributed by atoms with Crippen molar-refractivity contribution in [3.8, 4) is 5.75 Å². The number of esters is 1. The lowest BCUT2D eigenvalue weighted by atomic mass is 9.82. The van der Waals surface area contributed by atoms with Crippen LogP contribution in [0.2, 0.25) is 0 Å². The van der Waals surface area contributed by atoms with Crippen molar-refractivity contribution in [3.63, 3.8) is 0 Å². The number of ether oxygens (including phenoxy) is 2. The molecular weight excluding hydrogens is 204 g/mol. The van der Waals surface area contributed by atoms with E-state index in [1.165, 1.54) is 7.11 Å². The standard InChI is InChI=1S/C13H16O3/c1-15-12-8-4-5-9-10(12)6-3-7-11(9)13(14)16-2/h4-5,8,11H,3,6-7H2,1-2H3/t11-/m0/s1. The molecule has 1 aliphatic carbocycles. The summed E-state index contributed by atoms with van der Waals surface area (Å²) in [5.74, 6) is 0.615. The molecule has 0 bridgehead atoms. The van der Waals surface area contributed by atoms with E-state index in [4.69, 9.17) is 9.47 Å². The number of carbonyl (C=O) groups is 1. The number of fused-ring (bicyclic) bond motifs is 1. The molecule has 1 aliphatic rings. The zero-order valence-corrected chi connectivity index (χ0v) is 9.66. The monoisotopic (exact) mass is 220 g/mol. The molecule has 16 heavy (non-hydrogen) atoms. The number of carbonyl (C=O) groups excluding carboxylic acids is 1. The van der Waals surface area contributed by atoms with Crippen molar-refractivity contribution in [3.05, 3.63) is 29.3 Å². The van der Waals surface area contributed by atoms with Gasteiger partial charge < -0.3 is 9.47 Å². The maximum absolute atomic E-state index is 11.7. The number of methoxy groups -OCH3 is 2. The summed E-state index contributed by atoms with van der Waals surface area (Å²) >= 11 is 0. The van der Waals surface area contributed by atoms with Crippen LogP contribution in [0.1, 0.15) is 29.9 Å². The van der Waals surface area contributed by atoms with Crippen LogP contribution in [0, 0.1) is 0 Å². The molecule has 0 heterocycles. The molecule has 1 atom stereocenters. The van der Waals surface area contributed by atoms with Gasteiger partial charge in [0.1, 0.15) is 5.75 Å². The lowest BCUT2D eigenvalue weighted by Gasteiger charge is -2.24. The van der Waals surface area contributed by atoms with Gasteiger partial charge in [-0.05, 0) is 36.5 Å². The largest absolute Gasteiger partial charge is 0.496 e. The summed E-state index contributed by atoms with van der Waals surface area (Å²) in [6, 6.07) is 5.87. The van der Waals surface area contributed by atoms with Crippen molar-refractivity contribution >= 4 is 5.97 Å². The molecule has 3 nitrogen and oxygen atoms in total. The van der Waals surface area contributed by atoms with Crippen LogP contribution in [0.5, 0.6) is 5.75 Å². The zero-order valence-electron chi connectivity index (χ0n) is 9.66. The molecule has 3 heteroatoms. The molecule has 0 aromatic heterocycles. The van der Waals surface area contributed by atoms with Crippen molar-refractivity contribution in [2.45, 2.75) is 25.2 Å². The zero-order chi connectivity index (χ0) is 11.5. The van der Waals surface area contributed by atoms with Gasteiger partial charge in [-0.2, -0.15) is 0 Å². The number of rotatable bonds is 2. The molecule has 0 saturated heterocycles. The molecule has 0 unspecified atom stereocenters. The van der Waals surface area contributed by atoms with Gasteiger partial charge in [0.2, 0.25) is 0 Å². The van der Waals surface area contributed by atoms with Crippen LogP contribution in [-0.2, 0) is 16.0 Å². The quantitative estimate of drug-likeness (QED) is 0.717. The van der Waals surface area contributed by atoms with Crippen LogP contribution in [-0.4, -0.2) is 20.2 Å². The summed E-state index contributed by atoms with van der Waals surface area (Å²) in [5, 5.41) is 0. The van der Waals surface area contributed by atoms with E-state index in [0.29, 0.717) is 0 Å². The van der Waals surface area contributed by atoms with E-state index in [1.54, 1.807) is 7.11 Å². The summed E-state index contributed by atoms with van der Waals surface area (Å²) in [7, 11) is 3.11. The Morgan fingerprint density at radius 2 is 2.19 bits per heavy atom. The Labute approximate surface area is 95.4 Å². The molecule has 0 amide bonds. The van der Waals surface area contributed by atoms with E-state index in [1.807, 2.05) is 18.2 Å². The van der Waals surface area contributed by atoms with Crippen LogP contribution in [0.3, 0.4) is 0 Å². The molecule has 0 fully saturated rings. The van der Waals surface area contributed by atoms with Gasteiger partial charge in [-0.15, -0.1) is 0 Å². The van der Waals surface area contributed by atoms with Crippen LogP contribution in [0.25, 0.3) is 0 Å². The smallest absolute Gasteiger partial charge is 0.313 e. The van der Waals surface area contributed by atoms with Gasteiger partial charge in [-0.1, -0.05) is 12.1 Å². The summed E-state index contributed by atoms with van der Waals surface area (Å²) < 4.78 is 10.2. The summed E-state index contributed by atoms with van der Waals surface area (Å²) in [6.07, 6.45) is 2.85. The van der Waals surface area contributed by atoms with E-state index >= 15 is 0 Å². The topological polar surface area (TPSA) is 35.5 Å². The number of benzene rings is 1. The van der Waals surface area contributed by atoms with Crippen molar-refractivity contribution in [1.29, 1.82) is 0 Å². The molecular formula is C13H16O3. The van der Waals surface area contributed by atoms with Gasteiger partial charge in [-0.25, -0.2) is 0 Å². The molecule has 86 valence electrons. The third-order valence-corrected chi connectivity index (χ3v) is 3.17. The SMILES string of the molecule is COC(=O)[C@H]1CCCc2c(OC)cccc21. The predicted octanol–water partition coefficient (Wildman–Crippen LogP) is 2.29. The van der Waals surface area contributed by atoms with E-state index < -0.39 is 0 Å². The maximum Gasteiger partial charge on any atom is 0.313 e. The van der Waals surface area contributed by atoms with E-state index in [9.17, 15) is 4.79 Å². The number of hydrogen-bond donors (Lipinski definition) is 0. The van der Waals surface area contributed by atoms with Gasteiger partial charge in [-0.3, -0.25) is 4.79 Å². The summed E-state index contributed by atoms with van der Waals surface area (Å²) in [6.45, 7) is 0. The first-order valence-corrected chi connectivity index (χ1v) is 5.51. The third-order valence-electron chi connectivity index (χ3n) is 3.17. The van der Waals surface area contributed by atoms with Crippen molar-refractivity contribution < 1.29 is 14.3 Å². The minimum absolute atomic E-state index is 0.121. The Kier molecular flexibility index (Phi) is 3.13. The molecule has 0 spiro atoms. The van der Waals surface area contributed by atoms with Crippen LogP contribution in [0.4, 0.5) is 0 Å². The van der Waals surface area contributed by atoms with E-state index in [0.717, 1.165) is 36.1 Å². The van der Waals surface area contributed by atoms with Gasteiger partial charge in [0.05, 0.1) is 20.1 Å². The average Bonchev–Trinajstić information content (AvgIpc) is 2.36.